The van der Waals surface area contributed by atoms with Crippen molar-refractivity contribution in [3.8, 4) is 0 Å². The van der Waals surface area contributed by atoms with Gasteiger partial charge in [0, 0.05) is 30.7 Å². The average Bonchev–Trinajstić information content (AvgIpc) is 2.65. The van der Waals surface area contributed by atoms with E-state index >= 15 is 0 Å². The van der Waals surface area contributed by atoms with Crippen LogP contribution in [0, 0.1) is 0 Å². The Labute approximate surface area is 158 Å². The molecule has 4 N–H and O–H groups in total. The number of carbonyl (C=O) groups excluding carboxylic acids is 2. The van der Waals surface area contributed by atoms with Crippen molar-refractivity contribution in [2.75, 3.05) is 36.1 Å². The fraction of sp³-hybridized carbons (Fsp3) is 0.263. The van der Waals surface area contributed by atoms with Gasteiger partial charge in [-0.05, 0) is 30.7 Å². The Morgan fingerprint density at radius 1 is 1.08 bits per heavy atom. The predicted molar refractivity (Wildman–Crippen MR) is 108 cm³/mol. The van der Waals surface area contributed by atoms with Gasteiger partial charge < -0.3 is 21.3 Å². The summed E-state index contributed by atoms with van der Waals surface area (Å²) in [4.78, 5) is 26.0. The number of hydrogen-bond donors (Lipinski definition) is 3. The SMILES string of the molecule is CN(CCCNC(=O)Nc1ccccc1SCC(N)=O)c1ccccc1. The van der Waals surface area contributed by atoms with Crippen LogP contribution >= 0.6 is 11.8 Å². The van der Waals surface area contributed by atoms with Crippen molar-refractivity contribution in [3.63, 3.8) is 0 Å². The average molecular weight is 372 g/mol. The van der Waals surface area contributed by atoms with E-state index in [1.54, 1.807) is 6.07 Å². The van der Waals surface area contributed by atoms with Crippen molar-refractivity contribution < 1.29 is 9.59 Å². The Hall–Kier alpha value is -2.67. The molecule has 26 heavy (non-hydrogen) atoms. The highest BCUT2D eigenvalue weighted by Crippen LogP contribution is 2.26. The minimum atomic E-state index is -0.392. The van der Waals surface area contributed by atoms with E-state index in [0.29, 0.717) is 12.2 Å². The standard InChI is InChI=1S/C19H24N4O2S/c1-23(15-8-3-2-4-9-15)13-7-12-21-19(25)22-16-10-5-6-11-17(16)26-14-18(20)24/h2-6,8-11H,7,12-14H2,1H3,(H2,20,24)(H2,21,22,25). The minimum absolute atomic E-state index is 0.173. The minimum Gasteiger partial charge on any atom is -0.375 e. The second-order valence-electron chi connectivity index (χ2n) is 5.74. The number of benzene rings is 2. The van der Waals surface area contributed by atoms with Gasteiger partial charge in [-0.15, -0.1) is 11.8 Å². The van der Waals surface area contributed by atoms with Crippen LogP contribution in [0.5, 0.6) is 0 Å². The Morgan fingerprint density at radius 3 is 2.50 bits per heavy atom. The lowest BCUT2D eigenvalue weighted by Gasteiger charge is -2.19. The Morgan fingerprint density at radius 2 is 1.77 bits per heavy atom. The van der Waals surface area contributed by atoms with Crippen molar-refractivity contribution >= 4 is 35.1 Å². The molecule has 138 valence electrons. The number of primary amides is 1. The molecule has 0 saturated heterocycles. The Bertz CT molecular complexity index is 724. The van der Waals surface area contributed by atoms with Gasteiger partial charge in [-0.3, -0.25) is 4.79 Å². The maximum absolute atomic E-state index is 12.1. The van der Waals surface area contributed by atoms with E-state index in [4.69, 9.17) is 5.73 Å². The first kappa shape index (κ1) is 19.7. The first-order valence-corrected chi connectivity index (χ1v) is 9.36. The lowest BCUT2D eigenvalue weighted by molar-refractivity contribution is -0.115. The molecule has 2 aromatic rings. The van der Waals surface area contributed by atoms with Gasteiger partial charge in [0.25, 0.3) is 0 Å². The number of urea groups is 1. The highest BCUT2D eigenvalue weighted by atomic mass is 32.2. The quantitative estimate of drug-likeness (QED) is 0.466. The second kappa shape index (κ2) is 10.4. The molecule has 0 aliphatic heterocycles. The number of rotatable bonds is 9. The zero-order valence-corrected chi connectivity index (χ0v) is 15.6. The molecule has 3 amide bonds. The van der Waals surface area contributed by atoms with Crippen LogP contribution in [0.2, 0.25) is 0 Å². The van der Waals surface area contributed by atoms with Crippen LogP contribution in [0.4, 0.5) is 16.2 Å². The predicted octanol–water partition coefficient (Wildman–Crippen LogP) is 2.91. The first-order chi connectivity index (χ1) is 12.6. The fourth-order valence-electron chi connectivity index (χ4n) is 2.34. The first-order valence-electron chi connectivity index (χ1n) is 8.37. The molecule has 0 aromatic heterocycles. The maximum atomic E-state index is 12.1. The second-order valence-corrected chi connectivity index (χ2v) is 6.76. The molecule has 0 aliphatic carbocycles. The smallest absolute Gasteiger partial charge is 0.319 e. The van der Waals surface area contributed by atoms with Gasteiger partial charge in [-0.1, -0.05) is 30.3 Å². The van der Waals surface area contributed by atoms with Gasteiger partial charge in [0.05, 0.1) is 11.4 Å². The van der Waals surface area contributed by atoms with Gasteiger partial charge in [-0.25, -0.2) is 4.79 Å². The lowest BCUT2D eigenvalue weighted by Crippen LogP contribution is -2.31. The highest BCUT2D eigenvalue weighted by Gasteiger charge is 2.08. The molecule has 0 spiro atoms. The number of carbonyl (C=O) groups is 2. The molecule has 0 bridgehead atoms. The third-order valence-corrected chi connectivity index (χ3v) is 4.75. The van der Waals surface area contributed by atoms with Gasteiger partial charge in [0.1, 0.15) is 0 Å². The monoisotopic (exact) mass is 372 g/mol. The largest absolute Gasteiger partial charge is 0.375 e. The summed E-state index contributed by atoms with van der Waals surface area (Å²) in [7, 11) is 2.03. The molecule has 7 heteroatoms. The summed E-state index contributed by atoms with van der Waals surface area (Å²) in [6.07, 6.45) is 0.830. The van der Waals surface area contributed by atoms with E-state index in [9.17, 15) is 9.59 Å². The normalized spacial score (nSPS) is 10.2. The highest BCUT2D eigenvalue weighted by molar-refractivity contribution is 8.00. The third kappa shape index (κ3) is 6.68. The molecule has 6 nitrogen and oxygen atoms in total. The van der Waals surface area contributed by atoms with E-state index in [-0.39, 0.29) is 11.8 Å². The molecular weight excluding hydrogens is 348 g/mol. The van der Waals surface area contributed by atoms with Crippen molar-refractivity contribution in [1.29, 1.82) is 0 Å². The van der Waals surface area contributed by atoms with E-state index in [1.165, 1.54) is 11.8 Å². The van der Waals surface area contributed by atoms with Gasteiger partial charge >= 0.3 is 6.03 Å². The number of anilines is 2. The van der Waals surface area contributed by atoms with Crippen molar-refractivity contribution in [3.05, 3.63) is 54.6 Å². The Balaban J connectivity index is 1.74. The summed E-state index contributed by atoms with van der Waals surface area (Å²) in [5.41, 5.74) is 6.99. The van der Waals surface area contributed by atoms with Crippen LogP contribution in [0.15, 0.2) is 59.5 Å². The zero-order chi connectivity index (χ0) is 18.8. The number of nitrogens with one attached hydrogen (secondary N) is 2. The van der Waals surface area contributed by atoms with Gasteiger partial charge in [0.15, 0.2) is 0 Å². The summed E-state index contributed by atoms with van der Waals surface area (Å²) in [6.45, 7) is 1.41. The maximum Gasteiger partial charge on any atom is 0.319 e. The van der Waals surface area contributed by atoms with Crippen molar-refractivity contribution in [1.82, 2.24) is 5.32 Å². The van der Waals surface area contributed by atoms with Crippen LogP contribution in [0.3, 0.4) is 0 Å². The summed E-state index contributed by atoms with van der Waals surface area (Å²) in [6, 6.07) is 17.2. The molecule has 2 rings (SSSR count). The molecule has 0 saturated carbocycles. The van der Waals surface area contributed by atoms with Gasteiger partial charge in [0.2, 0.25) is 5.91 Å². The number of hydrogen-bond acceptors (Lipinski definition) is 4. The van der Waals surface area contributed by atoms with E-state index in [2.05, 4.69) is 27.7 Å². The van der Waals surface area contributed by atoms with E-state index in [1.807, 2.05) is 43.4 Å². The summed E-state index contributed by atoms with van der Waals surface area (Å²) >= 11 is 1.30. The summed E-state index contributed by atoms with van der Waals surface area (Å²) in [5, 5.41) is 5.67. The van der Waals surface area contributed by atoms with Crippen molar-refractivity contribution in [2.24, 2.45) is 5.73 Å². The fourth-order valence-corrected chi connectivity index (χ4v) is 3.09. The molecule has 0 atom stereocenters. The molecule has 0 fully saturated rings. The molecular formula is C19H24N4O2S. The molecule has 0 heterocycles. The number of nitrogens with two attached hydrogens (primary N) is 1. The number of para-hydroxylation sites is 2. The van der Waals surface area contributed by atoms with Gasteiger partial charge in [-0.2, -0.15) is 0 Å². The van der Waals surface area contributed by atoms with Crippen LogP contribution in [-0.2, 0) is 4.79 Å². The molecule has 0 aliphatic rings. The number of amides is 3. The van der Waals surface area contributed by atoms with Crippen LogP contribution in [-0.4, -0.2) is 37.8 Å². The van der Waals surface area contributed by atoms with Crippen LogP contribution in [0.25, 0.3) is 0 Å². The summed E-state index contributed by atoms with van der Waals surface area (Å²) < 4.78 is 0. The molecule has 0 radical (unpaired) electrons. The number of nitrogens with zero attached hydrogens (tertiary/aromatic N) is 1. The number of thioether (sulfide) groups is 1. The topological polar surface area (TPSA) is 87.5 Å². The Kier molecular flexibility index (Phi) is 7.82. The van der Waals surface area contributed by atoms with Crippen LogP contribution < -0.4 is 21.3 Å². The van der Waals surface area contributed by atoms with Crippen molar-refractivity contribution in [2.45, 2.75) is 11.3 Å². The molecule has 2 aromatic carbocycles. The summed E-state index contributed by atoms with van der Waals surface area (Å²) in [5.74, 6) is -0.219. The molecule has 0 unspecified atom stereocenters. The van der Waals surface area contributed by atoms with Crippen LogP contribution in [0.1, 0.15) is 6.42 Å². The zero-order valence-electron chi connectivity index (χ0n) is 14.8. The third-order valence-electron chi connectivity index (χ3n) is 3.66. The van der Waals surface area contributed by atoms with E-state index < -0.39 is 5.91 Å². The van der Waals surface area contributed by atoms with E-state index in [0.717, 1.165) is 23.5 Å². The lowest BCUT2D eigenvalue weighted by atomic mass is 10.3.